The Labute approximate surface area is 198 Å². The minimum Gasteiger partial charge on any atom is -0.457 e. The molecule has 0 saturated carbocycles. The fourth-order valence-electron chi connectivity index (χ4n) is 3.66. The van der Waals surface area contributed by atoms with Crippen molar-refractivity contribution in [3.8, 4) is 0 Å². The van der Waals surface area contributed by atoms with E-state index in [0.29, 0.717) is 13.0 Å². The molecule has 9 heteroatoms. The van der Waals surface area contributed by atoms with Crippen molar-refractivity contribution in [3.05, 3.63) is 0 Å². The standard InChI is InChI=1S/C24H46O9/c1-3-5-7-8-9-10-12-14-30-16-18(32-20(26)13-11-6-4-2)17-31-24-23(29)22(28)21(27)19(15-25)33-24/h18-19,21-25,27-29H,3-17H2,1-2H3. The van der Waals surface area contributed by atoms with Crippen LogP contribution in [0.2, 0.25) is 0 Å². The van der Waals surface area contributed by atoms with E-state index in [9.17, 15) is 25.2 Å². The summed E-state index contributed by atoms with van der Waals surface area (Å²) in [4.78, 5) is 12.2. The molecule has 1 fully saturated rings. The van der Waals surface area contributed by atoms with Crippen LogP contribution in [0, 0.1) is 0 Å². The second-order valence-electron chi connectivity index (χ2n) is 8.80. The molecule has 6 unspecified atom stereocenters. The van der Waals surface area contributed by atoms with Gasteiger partial charge in [-0.1, -0.05) is 65.2 Å². The van der Waals surface area contributed by atoms with E-state index in [1.54, 1.807) is 0 Å². The quantitative estimate of drug-likeness (QED) is 0.162. The van der Waals surface area contributed by atoms with Gasteiger partial charge in [0, 0.05) is 13.0 Å². The third-order valence-electron chi connectivity index (χ3n) is 5.77. The van der Waals surface area contributed by atoms with Crippen LogP contribution < -0.4 is 0 Å². The lowest BCUT2D eigenvalue weighted by molar-refractivity contribution is -0.305. The maximum absolute atomic E-state index is 12.2. The summed E-state index contributed by atoms with van der Waals surface area (Å²) in [7, 11) is 0. The molecule has 33 heavy (non-hydrogen) atoms. The molecular weight excluding hydrogens is 432 g/mol. The molecule has 1 saturated heterocycles. The van der Waals surface area contributed by atoms with Gasteiger partial charge in [-0.3, -0.25) is 4.79 Å². The Morgan fingerprint density at radius 3 is 2.15 bits per heavy atom. The van der Waals surface area contributed by atoms with E-state index in [1.807, 2.05) is 0 Å². The number of aliphatic hydroxyl groups excluding tert-OH is 4. The SMILES string of the molecule is CCCCCCCCCOCC(COC1OC(CO)C(O)C(O)C1O)OC(=O)CCCCC. The van der Waals surface area contributed by atoms with Crippen molar-refractivity contribution in [3.63, 3.8) is 0 Å². The van der Waals surface area contributed by atoms with Gasteiger partial charge in [0.25, 0.3) is 0 Å². The average molecular weight is 479 g/mol. The van der Waals surface area contributed by atoms with Gasteiger partial charge in [0.05, 0.1) is 19.8 Å². The van der Waals surface area contributed by atoms with Crippen LogP contribution in [-0.4, -0.2) is 89.6 Å². The zero-order valence-corrected chi connectivity index (χ0v) is 20.4. The van der Waals surface area contributed by atoms with E-state index in [2.05, 4.69) is 13.8 Å². The fourth-order valence-corrected chi connectivity index (χ4v) is 3.66. The minimum atomic E-state index is -1.52. The summed E-state index contributed by atoms with van der Waals surface area (Å²) in [5.41, 5.74) is 0. The molecule has 6 atom stereocenters. The molecule has 1 aliphatic heterocycles. The lowest BCUT2D eigenvalue weighted by atomic mass is 9.99. The van der Waals surface area contributed by atoms with Crippen LogP contribution in [0.5, 0.6) is 0 Å². The molecule has 1 heterocycles. The highest BCUT2D eigenvalue weighted by atomic mass is 16.7. The second kappa shape index (κ2) is 18.5. The molecule has 4 N–H and O–H groups in total. The van der Waals surface area contributed by atoms with Gasteiger partial charge in [-0.25, -0.2) is 0 Å². The van der Waals surface area contributed by atoms with Crippen LogP contribution >= 0.6 is 0 Å². The fraction of sp³-hybridized carbons (Fsp3) is 0.958. The molecule has 0 amide bonds. The first-order valence-electron chi connectivity index (χ1n) is 12.6. The van der Waals surface area contributed by atoms with Crippen molar-refractivity contribution in [2.75, 3.05) is 26.4 Å². The number of rotatable bonds is 19. The number of hydrogen-bond acceptors (Lipinski definition) is 9. The van der Waals surface area contributed by atoms with Crippen molar-refractivity contribution >= 4 is 5.97 Å². The van der Waals surface area contributed by atoms with Crippen LogP contribution in [0.1, 0.15) is 84.5 Å². The van der Waals surface area contributed by atoms with Crippen LogP contribution in [0.4, 0.5) is 0 Å². The van der Waals surface area contributed by atoms with E-state index < -0.39 is 43.4 Å². The molecule has 1 rings (SSSR count). The third kappa shape index (κ3) is 12.5. The first kappa shape index (κ1) is 30.2. The topological polar surface area (TPSA) is 135 Å². The number of ether oxygens (including phenoxy) is 4. The van der Waals surface area contributed by atoms with E-state index >= 15 is 0 Å². The largest absolute Gasteiger partial charge is 0.457 e. The Hall–Kier alpha value is -0.810. The third-order valence-corrected chi connectivity index (χ3v) is 5.77. The average Bonchev–Trinajstić information content (AvgIpc) is 2.81. The highest BCUT2D eigenvalue weighted by Crippen LogP contribution is 2.22. The smallest absolute Gasteiger partial charge is 0.306 e. The molecule has 0 aliphatic carbocycles. The lowest BCUT2D eigenvalue weighted by Crippen LogP contribution is -2.59. The number of unbranched alkanes of at least 4 members (excludes halogenated alkanes) is 8. The highest BCUT2D eigenvalue weighted by molar-refractivity contribution is 5.69. The van der Waals surface area contributed by atoms with Crippen molar-refractivity contribution in [2.24, 2.45) is 0 Å². The molecule has 0 spiro atoms. The second-order valence-corrected chi connectivity index (χ2v) is 8.80. The Bertz CT molecular complexity index is 489. The molecule has 196 valence electrons. The molecule has 0 bridgehead atoms. The molecule has 0 aromatic rings. The summed E-state index contributed by atoms with van der Waals surface area (Å²) >= 11 is 0. The van der Waals surface area contributed by atoms with E-state index in [0.717, 1.165) is 32.1 Å². The Kier molecular flexibility index (Phi) is 17.0. The van der Waals surface area contributed by atoms with Gasteiger partial charge in [0.1, 0.15) is 30.5 Å². The van der Waals surface area contributed by atoms with Crippen LogP contribution in [0.25, 0.3) is 0 Å². The molecule has 0 radical (unpaired) electrons. The van der Waals surface area contributed by atoms with Crippen molar-refractivity contribution in [1.82, 2.24) is 0 Å². The Morgan fingerprint density at radius 1 is 0.848 bits per heavy atom. The van der Waals surface area contributed by atoms with Gasteiger partial charge >= 0.3 is 5.97 Å². The van der Waals surface area contributed by atoms with Crippen LogP contribution in [0.15, 0.2) is 0 Å². The number of aliphatic hydroxyl groups is 4. The van der Waals surface area contributed by atoms with Gasteiger partial charge in [-0.05, 0) is 12.8 Å². The van der Waals surface area contributed by atoms with Gasteiger partial charge < -0.3 is 39.4 Å². The van der Waals surface area contributed by atoms with Gasteiger partial charge in [-0.15, -0.1) is 0 Å². The van der Waals surface area contributed by atoms with E-state index in [1.165, 1.54) is 32.1 Å². The first-order valence-corrected chi connectivity index (χ1v) is 12.6. The molecule has 1 aliphatic rings. The van der Waals surface area contributed by atoms with Gasteiger partial charge in [0.2, 0.25) is 0 Å². The zero-order valence-electron chi connectivity index (χ0n) is 20.4. The van der Waals surface area contributed by atoms with Crippen molar-refractivity contribution in [2.45, 2.75) is 121 Å². The maximum Gasteiger partial charge on any atom is 0.306 e. The monoisotopic (exact) mass is 478 g/mol. The van der Waals surface area contributed by atoms with E-state index in [-0.39, 0.29) is 19.2 Å². The number of carbonyl (C=O) groups excluding carboxylic acids is 1. The summed E-state index contributed by atoms with van der Waals surface area (Å²) in [6.45, 7) is 4.30. The predicted molar refractivity (Wildman–Crippen MR) is 123 cm³/mol. The summed E-state index contributed by atoms with van der Waals surface area (Å²) in [5, 5.41) is 39.2. The van der Waals surface area contributed by atoms with E-state index in [4.69, 9.17) is 18.9 Å². The van der Waals surface area contributed by atoms with Gasteiger partial charge in [0.15, 0.2) is 6.29 Å². The van der Waals surface area contributed by atoms with Crippen molar-refractivity contribution in [1.29, 1.82) is 0 Å². The Morgan fingerprint density at radius 2 is 1.48 bits per heavy atom. The molecular formula is C24H46O9. The zero-order chi connectivity index (χ0) is 24.5. The maximum atomic E-state index is 12.2. The molecule has 0 aromatic heterocycles. The Balaban J connectivity index is 2.46. The van der Waals surface area contributed by atoms with Gasteiger partial charge in [-0.2, -0.15) is 0 Å². The normalized spacial score (nSPS) is 26.3. The summed E-state index contributed by atoms with van der Waals surface area (Å²) in [6.07, 6.45) is 3.68. The van der Waals surface area contributed by atoms with Crippen molar-refractivity contribution < 1.29 is 44.2 Å². The number of esters is 1. The predicted octanol–water partition coefficient (Wildman–Crippen LogP) is 2.06. The number of carbonyl (C=O) groups is 1. The lowest BCUT2D eigenvalue weighted by Gasteiger charge is -2.39. The number of hydrogen-bond donors (Lipinski definition) is 4. The summed E-state index contributed by atoms with van der Waals surface area (Å²) in [6, 6.07) is 0. The highest BCUT2D eigenvalue weighted by Gasteiger charge is 2.44. The minimum absolute atomic E-state index is 0.112. The molecule has 9 nitrogen and oxygen atoms in total. The molecule has 0 aromatic carbocycles. The first-order chi connectivity index (χ1) is 15.9. The van der Waals surface area contributed by atoms with Crippen LogP contribution in [0.3, 0.4) is 0 Å². The van der Waals surface area contributed by atoms with Crippen LogP contribution in [-0.2, 0) is 23.7 Å². The summed E-state index contributed by atoms with van der Waals surface area (Å²) in [5.74, 6) is -0.342. The summed E-state index contributed by atoms with van der Waals surface area (Å²) < 4.78 is 22.1.